The first-order chi connectivity index (χ1) is 11.6. The highest BCUT2D eigenvalue weighted by atomic mass is 79.9. The third-order valence-electron chi connectivity index (χ3n) is 3.57. The highest BCUT2D eigenvalue weighted by Crippen LogP contribution is 2.25. The van der Waals surface area contributed by atoms with Gasteiger partial charge < -0.3 is 15.0 Å². The van der Waals surface area contributed by atoms with Gasteiger partial charge in [-0.05, 0) is 52.7 Å². The summed E-state index contributed by atoms with van der Waals surface area (Å²) in [4.78, 5) is 19.6. The van der Waals surface area contributed by atoms with E-state index in [1.807, 2.05) is 49.4 Å². The molecule has 0 aliphatic carbocycles. The molecule has 1 heterocycles. The first-order valence-electron chi connectivity index (χ1n) is 7.71. The third-order valence-corrected chi connectivity index (χ3v) is 4.19. The minimum Gasteiger partial charge on any atom is -0.483 e. The van der Waals surface area contributed by atoms with Crippen LogP contribution in [0.1, 0.15) is 11.4 Å². The molecular weight excluding hydrogens is 370 g/mol. The molecule has 2 aromatic carbocycles. The number of amides is 1. The van der Waals surface area contributed by atoms with Gasteiger partial charge in [-0.2, -0.15) is 0 Å². The fourth-order valence-corrected chi connectivity index (χ4v) is 2.97. The number of aromatic nitrogens is 2. The topological polar surface area (TPSA) is 67.0 Å². The van der Waals surface area contributed by atoms with Gasteiger partial charge in [0, 0.05) is 13.0 Å². The lowest BCUT2D eigenvalue weighted by molar-refractivity contribution is -0.123. The summed E-state index contributed by atoms with van der Waals surface area (Å²) in [5, 5.41) is 2.84. The first-order valence-corrected chi connectivity index (χ1v) is 8.50. The van der Waals surface area contributed by atoms with Crippen LogP contribution in [0.2, 0.25) is 0 Å². The van der Waals surface area contributed by atoms with E-state index in [1.54, 1.807) is 0 Å². The van der Waals surface area contributed by atoms with E-state index in [0.717, 1.165) is 26.9 Å². The van der Waals surface area contributed by atoms with E-state index < -0.39 is 0 Å². The zero-order valence-electron chi connectivity index (χ0n) is 13.3. The van der Waals surface area contributed by atoms with Crippen molar-refractivity contribution in [3.63, 3.8) is 0 Å². The lowest BCUT2D eigenvalue weighted by Gasteiger charge is -2.09. The molecule has 0 bridgehead atoms. The molecule has 0 saturated heterocycles. The van der Waals surface area contributed by atoms with Gasteiger partial charge in [0.15, 0.2) is 6.61 Å². The summed E-state index contributed by atoms with van der Waals surface area (Å²) in [6.07, 6.45) is 0.647. The van der Waals surface area contributed by atoms with Crippen LogP contribution in [0.4, 0.5) is 0 Å². The maximum absolute atomic E-state index is 11.9. The average molecular weight is 388 g/mol. The normalized spacial score (nSPS) is 10.8. The summed E-state index contributed by atoms with van der Waals surface area (Å²) < 4.78 is 6.37. The van der Waals surface area contributed by atoms with Crippen LogP contribution in [0, 0.1) is 6.92 Å². The van der Waals surface area contributed by atoms with Crippen molar-refractivity contribution in [3.05, 3.63) is 58.3 Å². The maximum atomic E-state index is 11.9. The highest BCUT2D eigenvalue weighted by Gasteiger charge is 2.07. The molecule has 3 aromatic rings. The summed E-state index contributed by atoms with van der Waals surface area (Å²) in [6.45, 7) is 2.50. The van der Waals surface area contributed by atoms with Crippen LogP contribution in [0.25, 0.3) is 11.0 Å². The Balaban J connectivity index is 1.45. The predicted octanol–water partition coefficient (Wildman–Crippen LogP) is 3.37. The van der Waals surface area contributed by atoms with Crippen LogP contribution in [-0.4, -0.2) is 29.0 Å². The van der Waals surface area contributed by atoms with Crippen LogP contribution in [0.5, 0.6) is 5.75 Å². The van der Waals surface area contributed by atoms with Gasteiger partial charge in [0.25, 0.3) is 5.91 Å². The summed E-state index contributed by atoms with van der Waals surface area (Å²) in [5.41, 5.74) is 3.07. The van der Waals surface area contributed by atoms with Crippen LogP contribution in [-0.2, 0) is 11.2 Å². The second kappa shape index (κ2) is 7.49. The molecule has 3 rings (SSSR count). The number of carbonyl (C=O) groups is 1. The third kappa shape index (κ3) is 4.14. The molecule has 124 valence electrons. The Kier molecular flexibility index (Phi) is 5.15. The van der Waals surface area contributed by atoms with Crippen LogP contribution < -0.4 is 10.1 Å². The number of ether oxygens (including phenoxy) is 1. The molecule has 5 nitrogen and oxygen atoms in total. The van der Waals surface area contributed by atoms with E-state index in [-0.39, 0.29) is 12.5 Å². The number of imidazole rings is 1. The van der Waals surface area contributed by atoms with Crippen molar-refractivity contribution in [1.29, 1.82) is 0 Å². The fourth-order valence-electron chi connectivity index (χ4n) is 2.36. The Morgan fingerprint density at radius 3 is 2.92 bits per heavy atom. The lowest BCUT2D eigenvalue weighted by Crippen LogP contribution is -2.30. The fraction of sp³-hybridized carbons (Fsp3) is 0.222. The Labute approximate surface area is 148 Å². The minimum atomic E-state index is -0.154. The number of halogens is 1. The smallest absolute Gasteiger partial charge is 0.257 e. The SMILES string of the molecule is Cc1ccc(OCC(=O)NCCc2nc3ccccc3[nH]2)c(Br)c1. The molecule has 0 saturated carbocycles. The monoisotopic (exact) mass is 387 g/mol. The van der Waals surface area contributed by atoms with Gasteiger partial charge in [-0.25, -0.2) is 4.98 Å². The Morgan fingerprint density at radius 2 is 2.12 bits per heavy atom. The van der Waals surface area contributed by atoms with Gasteiger partial charge in [0.1, 0.15) is 11.6 Å². The predicted molar refractivity (Wildman–Crippen MR) is 97.2 cm³/mol. The molecule has 2 N–H and O–H groups in total. The number of hydrogen-bond donors (Lipinski definition) is 2. The summed E-state index contributed by atoms with van der Waals surface area (Å²) in [7, 11) is 0. The van der Waals surface area contributed by atoms with E-state index in [2.05, 4.69) is 31.2 Å². The Morgan fingerprint density at radius 1 is 1.29 bits per heavy atom. The largest absolute Gasteiger partial charge is 0.483 e. The van der Waals surface area contributed by atoms with Crippen LogP contribution in [0.15, 0.2) is 46.9 Å². The summed E-state index contributed by atoms with van der Waals surface area (Å²) in [6, 6.07) is 13.6. The Bertz CT molecular complexity index is 827. The number of nitrogens with one attached hydrogen (secondary N) is 2. The van der Waals surface area contributed by atoms with Crippen LogP contribution >= 0.6 is 15.9 Å². The van der Waals surface area contributed by atoms with Gasteiger partial charge in [0.2, 0.25) is 0 Å². The van der Waals surface area contributed by atoms with Crippen molar-refractivity contribution in [2.45, 2.75) is 13.3 Å². The molecule has 1 amide bonds. The molecular formula is C18H18BrN3O2. The summed E-state index contributed by atoms with van der Waals surface area (Å²) >= 11 is 3.43. The number of fused-ring (bicyclic) bond motifs is 1. The number of rotatable bonds is 6. The molecule has 0 fully saturated rings. The standard InChI is InChI=1S/C18H18BrN3O2/c1-12-6-7-16(13(19)10-12)24-11-18(23)20-9-8-17-21-14-4-2-3-5-15(14)22-17/h2-7,10H,8-9,11H2,1H3,(H,20,23)(H,21,22). The van der Waals surface area contributed by atoms with E-state index in [1.165, 1.54) is 0 Å². The second-order valence-corrected chi connectivity index (χ2v) is 6.38. The lowest BCUT2D eigenvalue weighted by atomic mass is 10.2. The van der Waals surface area contributed by atoms with Gasteiger partial charge in [-0.3, -0.25) is 4.79 Å². The number of H-pyrrole nitrogens is 1. The quantitative estimate of drug-likeness (QED) is 0.681. The molecule has 0 spiro atoms. The number of benzene rings is 2. The van der Waals surface area contributed by atoms with Gasteiger partial charge in [0.05, 0.1) is 15.5 Å². The van der Waals surface area contributed by atoms with Crippen molar-refractivity contribution < 1.29 is 9.53 Å². The van der Waals surface area contributed by atoms with Gasteiger partial charge >= 0.3 is 0 Å². The molecule has 24 heavy (non-hydrogen) atoms. The van der Waals surface area contributed by atoms with E-state index >= 15 is 0 Å². The Hall–Kier alpha value is -2.34. The second-order valence-electron chi connectivity index (χ2n) is 5.52. The number of hydrogen-bond acceptors (Lipinski definition) is 3. The zero-order valence-corrected chi connectivity index (χ0v) is 14.9. The number of aryl methyl sites for hydroxylation is 1. The molecule has 0 aliphatic heterocycles. The number of carbonyl (C=O) groups excluding carboxylic acids is 1. The number of aromatic amines is 1. The number of para-hydroxylation sites is 2. The summed E-state index contributed by atoms with van der Waals surface area (Å²) in [5.74, 6) is 1.37. The van der Waals surface area contributed by atoms with Gasteiger partial charge in [-0.15, -0.1) is 0 Å². The van der Waals surface area contributed by atoms with Crippen molar-refractivity contribution in [3.8, 4) is 5.75 Å². The first kappa shape index (κ1) is 16.5. The molecule has 1 aromatic heterocycles. The molecule has 6 heteroatoms. The van der Waals surface area contributed by atoms with E-state index in [0.29, 0.717) is 18.7 Å². The van der Waals surface area contributed by atoms with Crippen molar-refractivity contribution in [1.82, 2.24) is 15.3 Å². The van der Waals surface area contributed by atoms with Gasteiger partial charge in [-0.1, -0.05) is 18.2 Å². The zero-order chi connectivity index (χ0) is 16.9. The highest BCUT2D eigenvalue weighted by molar-refractivity contribution is 9.10. The van der Waals surface area contributed by atoms with Crippen molar-refractivity contribution in [2.24, 2.45) is 0 Å². The number of nitrogens with zero attached hydrogens (tertiary/aromatic N) is 1. The van der Waals surface area contributed by atoms with Crippen LogP contribution in [0.3, 0.4) is 0 Å². The minimum absolute atomic E-state index is 0.0121. The van der Waals surface area contributed by atoms with E-state index in [4.69, 9.17) is 4.74 Å². The average Bonchev–Trinajstić information content (AvgIpc) is 2.96. The molecule has 0 aliphatic rings. The molecule has 0 radical (unpaired) electrons. The van der Waals surface area contributed by atoms with E-state index in [9.17, 15) is 4.79 Å². The maximum Gasteiger partial charge on any atom is 0.257 e. The molecule has 0 unspecified atom stereocenters. The van der Waals surface area contributed by atoms with Crippen molar-refractivity contribution in [2.75, 3.05) is 13.2 Å². The van der Waals surface area contributed by atoms with Crippen molar-refractivity contribution >= 4 is 32.9 Å². The molecule has 0 atom stereocenters.